The van der Waals surface area contributed by atoms with Crippen molar-refractivity contribution in [2.24, 2.45) is 7.05 Å². The third-order valence-electron chi connectivity index (χ3n) is 3.31. The SMILES string of the molecule is Cc1c(Cl)cccc1-n1c(N)nc2c(C)nn(C)c21. The molecule has 19 heavy (non-hydrogen) atoms. The monoisotopic (exact) mass is 275 g/mol. The van der Waals surface area contributed by atoms with Crippen molar-refractivity contribution >= 4 is 28.7 Å². The number of rotatable bonds is 1. The largest absolute Gasteiger partial charge is 0.369 e. The number of imidazole rings is 1. The Morgan fingerprint density at radius 3 is 2.74 bits per heavy atom. The zero-order valence-corrected chi connectivity index (χ0v) is 11.7. The molecule has 2 aromatic heterocycles. The lowest BCUT2D eigenvalue weighted by Gasteiger charge is -2.11. The highest BCUT2D eigenvalue weighted by Crippen LogP contribution is 2.29. The summed E-state index contributed by atoms with van der Waals surface area (Å²) in [6, 6.07) is 5.74. The molecule has 6 heteroatoms. The summed E-state index contributed by atoms with van der Waals surface area (Å²) in [5.41, 5.74) is 10.5. The van der Waals surface area contributed by atoms with Crippen LogP contribution in [-0.4, -0.2) is 19.3 Å². The molecular formula is C13H14ClN5. The summed E-state index contributed by atoms with van der Waals surface area (Å²) in [6.07, 6.45) is 0. The van der Waals surface area contributed by atoms with E-state index in [1.807, 2.05) is 43.7 Å². The fourth-order valence-electron chi connectivity index (χ4n) is 2.37. The van der Waals surface area contributed by atoms with Crippen molar-refractivity contribution in [2.45, 2.75) is 13.8 Å². The van der Waals surface area contributed by atoms with E-state index in [4.69, 9.17) is 17.3 Å². The molecule has 1 aromatic carbocycles. The summed E-state index contributed by atoms with van der Waals surface area (Å²) in [4.78, 5) is 4.39. The van der Waals surface area contributed by atoms with Gasteiger partial charge >= 0.3 is 0 Å². The molecule has 2 N–H and O–H groups in total. The second kappa shape index (κ2) is 3.99. The summed E-state index contributed by atoms with van der Waals surface area (Å²) in [5.74, 6) is 0.441. The Morgan fingerprint density at radius 1 is 1.26 bits per heavy atom. The Morgan fingerprint density at radius 2 is 2.00 bits per heavy atom. The third-order valence-corrected chi connectivity index (χ3v) is 3.72. The molecule has 0 amide bonds. The Labute approximate surface area is 115 Å². The second-order valence-corrected chi connectivity index (χ2v) is 4.98. The lowest BCUT2D eigenvalue weighted by molar-refractivity contribution is 0.762. The van der Waals surface area contributed by atoms with Crippen molar-refractivity contribution in [3.63, 3.8) is 0 Å². The third kappa shape index (κ3) is 1.62. The first-order chi connectivity index (χ1) is 9.00. The molecule has 0 saturated carbocycles. The van der Waals surface area contributed by atoms with Crippen LogP contribution in [0.5, 0.6) is 0 Å². The fraction of sp³-hybridized carbons (Fsp3) is 0.231. The van der Waals surface area contributed by atoms with Crippen LogP contribution in [0.25, 0.3) is 16.9 Å². The van der Waals surface area contributed by atoms with Gasteiger partial charge in [0.15, 0.2) is 5.65 Å². The molecule has 3 aromatic rings. The number of fused-ring (bicyclic) bond motifs is 1. The Kier molecular flexibility index (Phi) is 2.53. The van der Waals surface area contributed by atoms with Crippen LogP contribution in [0.4, 0.5) is 5.95 Å². The molecule has 0 atom stereocenters. The van der Waals surface area contributed by atoms with E-state index in [0.29, 0.717) is 11.0 Å². The van der Waals surface area contributed by atoms with Gasteiger partial charge in [-0.1, -0.05) is 17.7 Å². The van der Waals surface area contributed by atoms with Crippen LogP contribution in [0.3, 0.4) is 0 Å². The Hall–Kier alpha value is -2.01. The van der Waals surface area contributed by atoms with Gasteiger partial charge in [-0.15, -0.1) is 0 Å². The average Bonchev–Trinajstić information content (AvgIpc) is 2.82. The van der Waals surface area contributed by atoms with E-state index in [0.717, 1.165) is 28.1 Å². The van der Waals surface area contributed by atoms with Crippen molar-refractivity contribution in [2.75, 3.05) is 5.73 Å². The molecule has 2 heterocycles. The minimum absolute atomic E-state index is 0.441. The summed E-state index contributed by atoms with van der Waals surface area (Å²) < 4.78 is 3.67. The molecule has 0 unspecified atom stereocenters. The molecule has 3 rings (SSSR count). The molecule has 0 spiro atoms. The van der Waals surface area contributed by atoms with Crippen LogP contribution in [0, 0.1) is 13.8 Å². The number of nitrogen functional groups attached to an aromatic ring is 1. The van der Waals surface area contributed by atoms with E-state index < -0.39 is 0 Å². The number of hydrogen-bond acceptors (Lipinski definition) is 3. The van der Waals surface area contributed by atoms with Gasteiger partial charge in [0.2, 0.25) is 5.95 Å². The summed E-state index contributed by atoms with van der Waals surface area (Å²) in [7, 11) is 1.88. The predicted molar refractivity (Wildman–Crippen MR) is 76.7 cm³/mol. The highest BCUT2D eigenvalue weighted by molar-refractivity contribution is 6.31. The zero-order valence-electron chi connectivity index (χ0n) is 11.0. The number of nitrogens with zero attached hydrogens (tertiary/aromatic N) is 4. The standard InChI is InChI=1S/C13H14ClN5/c1-7-9(14)5-4-6-10(7)19-12-11(16-13(19)15)8(2)17-18(12)3/h4-6H,1-3H3,(H2,15,16). The van der Waals surface area contributed by atoms with E-state index in [-0.39, 0.29) is 0 Å². The highest BCUT2D eigenvalue weighted by Gasteiger charge is 2.18. The number of hydrogen-bond donors (Lipinski definition) is 1. The number of aryl methyl sites for hydroxylation is 2. The molecule has 0 aliphatic heterocycles. The smallest absolute Gasteiger partial charge is 0.207 e. The molecule has 0 fully saturated rings. The Bertz CT molecular complexity index is 784. The van der Waals surface area contributed by atoms with E-state index in [2.05, 4.69) is 10.1 Å². The van der Waals surface area contributed by atoms with E-state index in [9.17, 15) is 0 Å². The molecule has 0 radical (unpaired) electrons. The Balaban J connectivity index is 2.42. The van der Waals surface area contributed by atoms with Gasteiger partial charge in [-0.25, -0.2) is 9.67 Å². The van der Waals surface area contributed by atoms with Gasteiger partial charge in [0.25, 0.3) is 0 Å². The summed E-state index contributed by atoms with van der Waals surface area (Å²) in [6.45, 7) is 3.89. The van der Waals surface area contributed by atoms with Crippen LogP contribution in [0.1, 0.15) is 11.3 Å². The van der Waals surface area contributed by atoms with Crippen molar-refractivity contribution < 1.29 is 0 Å². The first kappa shape index (κ1) is 12.0. The molecule has 5 nitrogen and oxygen atoms in total. The topological polar surface area (TPSA) is 61.7 Å². The first-order valence-electron chi connectivity index (χ1n) is 5.93. The number of aromatic nitrogens is 4. The molecule has 0 aliphatic rings. The quantitative estimate of drug-likeness (QED) is 0.742. The molecular weight excluding hydrogens is 262 g/mol. The van der Waals surface area contributed by atoms with Crippen LogP contribution in [0.2, 0.25) is 5.02 Å². The minimum Gasteiger partial charge on any atom is -0.369 e. The van der Waals surface area contributed by atoms with Gasteiger partial charge < -0.3 is 5.73 Å². The van der Waals surface area contributed by atoms with E-state index in [1.165, 1.54) is 0 Å². The first-order valence-corrected chi connectivity index (χ1v) is 6.31. The van der Waals surface area contributed by atoms with Crippen molar-refractivity contribution in [3.05, 3.63) is 34.5 Å². The van der Waals surface area contributed by atoms with E-state index >= 15 is 0 Å². The predicted octanol–water partition coefficient (Wildman–Crippen LogP) is 2.61. The highest BCUT2D eigenvalue weighted by atomic mass is 35.5. The van der Waals surface area contributed by atoms with Gasteiger partial charge in [0.1, 0.15) is 5.52 Å². The van der Waals surface area contributed by atoms with Gasteiger partial charge in [0, 0.05) is 12.1 Å². The molecule has 0 aliphatic carbocycles. The van der Waals surface area contributed by atoms with Crippen LogP contribution in [-0.2, 0) is 7.05 Å². The maximum absolute atomic E-state index is 6.18. The minimum atomic E-state index is 0.441. The van der Waals surface area contributed by atoms with Crippen molar-refractivity contribution in [3.8, 4) is 5.69 Å². The second-order valence-electron chi connectivity index (χ2n) is 4.57. The van der Waals surface area contributed by atoms with Crippen LogP contribution < -0.4 is 5.73 Å². The van der Waals surface area contributed by atoms with Gasteiger partial charge in [-0.05, 0) is 31.5 Å². The van der Waals surface area contributed by atoms with E-state index in [1.54, 1.807) is 4.68 Å². The lowest BCUT2D eigenvalue weighted by Crippen LogP contribution is -2.06. The van der Waals surface area contributed by atoms with Gasteiger partial charge in [-0.2, -0.15) is 5.10 Å². The number of anilines is 1. The molecule has 0 saturated heterocycles. The summed E-state index contributed by atoms with van der Waals surface area (Å²) in [5, 5.41) is 5.08. The van der Waals surface area contributed by atoms with Gasteiger partial charge in [-0.3, -0.25) is 4.57 Å². The summed E-state index contributed by atoms with van der Waals surface area (Å²) >= 11 is 6.18. The van der Waals surface area contributed by atoms with Crippen LogP contribution in [0.15, 0.2) is 18.2 Å². The van der Waals surface area contributed by atoms with Crippen molar-refractivity contribution in [1.29, 1.82) is 0 Å². The maximum Gasteiger partial charge on any atom is 0.207 e. The zero-order chi connectivity index (χ0) is 13.7. The number of halogens is 1. The average molecular weight is 276 g/mol. The number of nitrogens with two attached hydrogens (primary N) is 1. The van der Waals surface area contributed by atoms with Gasteiger partial charge in [0.05, 0.1) is 11.4 Å². The molecule has 0 bridgehead atoms. The molecule has 98 valence electrons. The fourth-order valence-corrected chi connectivity index (χ4v) is 2.53. The normalized spacial score (nSPS) is 11.4. The lowest BCUT2D eigenvalue weighted by atomic mass is 10.2. The van der Waals surface area contributed by atoms with Crippen LogP contribution >= 0.6 is 11.6 Å². The maximum atomic E-state index is 6.18. The number of benzene rings is 1. The van der Waals surface area contributed by atoms with Crippen molar-refractivity contribution in [1.82, 2.24) is 19.3 Å².